The van der Waals surface area contributed by atoms with Gasteiger partial charge in [-0.3, -0.25) is 9.89 Å². The molecule has 5 nitrogen and oxygen atoms in total. The van der Waals surface area contributed by atoms with Crippen LogP contribution in [0.2, 0.25) is 0 Å². The van der Waals surface area contributed by atoms with Gasteiger partial charge < -0.3 is 5.32 Å². The summed E-state index contributed by atoms with van der Waals surface area (Å²) in [4.78, 5) is 16.2. The molecule has 0 radical (unpaired) electrons. The summed E-state index contributed by atoms with van der Waals surface area (Å²) < 4.78 is 13.7. The molecule has 0 saturated carbocycles. The van der Waals surface area contributed by atoms with Crippen molar-refractivity contribution >= 4 is 17.7 Å². The number of aromatic amines is 1. The van der Waals surface area contributed by atoms with Crippen LogP contribution in [-0.4, -0.2) is 26.8 Å². The van der Waals surface area contributed by atoms with Gasteiger partial charge in [0.1, 0.15) is 11.6 Å². The van der Waals surface area contributed by atoms with E-state index in [0.29, 0.717) is 23.8 Å². The standard InChI is InChI=1S/C15H17FN4OS/c1-9-17-15(20-19-9)22-8-7-14(21)18-13-6-5-10-11(13)3-2-4-12(10)16/h2-4,13H,5-8H2,1H3,(H,18,21)(H,17,19,20)/t13-/m1/s1. The molecule has 1 aliphatic carbocycles. The van der Waals surface area contributed by atoms with Gasteiger partial charge in [0.15, 0.2) is 0 Å². The van der Waals surface area contributed by atoms with Gasteiger partial charge in [0.2, 0.25) is 11.1 Å². The predicted octanol–water partition coefficient (Wildman–Crippen LogP) is 2.54. The van der Waals surface area contributed by atoms with E-state index in [0.717, 1.165) is 23.4 Å². The van der Waals surface area contributed by atoms with E-state index in [9.17, 15) is 9.18 Å². The van der Waals surface area contributed by atoms with Crippen molar-refractivity contribution in [2.75, 3.05) is 5.75 Å². The van der Waals surface area contributed by atoms with Crippen LogP contribution >= 0.6 is 11.8 Å². The lowest BCUT2D eigenvalue weighted by Crippen LogP contribution is -2.27. The number of halogens is 1. The first-order valence-electron chi connectivity index (χ1n) is 7.22. The summed E-state index contributed by atoms with van der Waals surface area (Å²) >= 11 is 1.44. The van der Waals surface area contributed by atoms with E-state index in [4.69, 9.17) is 0 Å². The van der Waals surface area contributed by atoms with E-state index in [2.05, 4.69) is 20.5 Å². The SMILES string of the molecule is Cc1nc(SCCC(=O)N[C@@H]2CCc3c(F)cccc32)n[nH]1. The summed E-state index contributed by atoms with van der Waals surface area (Å²) in [6.45, 7) is 1.83. The molecule has 7 heteroatoms. The largest absolute Gasteiger partial charge is 0.349 e. The van der Waals surface area contributed by atoms with Crippen molar-refractivity contribution in [2.45, 2.75) is 37.4 Å². The fraction of sp³-hybridized carbons (Fsp3) is 0.400. The first-order valence-corrected chi connectivity index (χ1v) is 8.20. The number of nitrogens with zero attached hydrogens (tertiary/aromatic N) is 2. The number of amides is 1. The molecule has 0 saturated heterocycles. The topological polar surface area (TPSA) is 70.7 Å². The number of rotatable bonds is 5. The fourth-order valence-electron chi connectivity index (χ4n) is 2.65. The molecule has 1 aromatic carbocycles. The lowest BCUT2D eigenvalue weighted by molar-refractivity contribution is -0.121. The Kier molecular flexibility index (Phi) is 4.42. The van der Waals surface area contributed by atoms with Crippen LogP contribution in [-0.2, 0) is 11.2 Å². The van der Waals surface area contributed by atoms with Crippen LogP contribution in [0.5, 0.6) is 0 Å². The van der Waals surface area contributed by atoms with Crippen molar-refractivity contribution in [3.63, 3.8) is 0 Å². The molecule has 2 N–H and O–H groups in total. The van der Waals surface area contributed by atoms with Gasteiger partial charge in [0.05, 0.1) is 6.04 Å². The van der Waals surface area contributed by atoms with Gasteiger partial charge in [-0.2, -0.15) is 0 Å². The van der Waals surface area contributed by atoms with Crippen molar-refractivity contribution in [1.29, 1.82) is 0 Å². The van der Waals surface area contributed by atoms with E-state index >= 15 is 0 Å². The normalized spacial score (nSPS) is 16.5. The Balaban J connectivity index is 1.50. The van der Waals surface area contributed by atoms with Crippen LogP contribution in [0.1, 0.15) is 35.8 Å². The maximum atomic E-state index is 13.7. The van der Waals surface area contributed by atoms with Crippen molar-refractivity contribution in [3.05, 3.63) is 41.0 Å². The first-order chi connectivity index (χ1) is 10.6. The highest BCUT2D eigenvalue weighted by Gasteiger charge is 2.25. The predicted molar refractivity (Wildman–Crippen MR) is 82.1 cm³/mol. The number of aryl methyl sites for hydroxylation is 1. The highest BCUT2D eigenvalue weighted by molar-refractivity contribution is 7.99. The summed E-state index contributed by atoms with van der Waals surface area (Å²) in [6.07, 6.45) is 1.83. The third-order valence-corrected chi connectivity index (χ3v) is 4.53. The number of thioether (sulfide) groups is 1. The number of hydrogen-bond acceptors (Lipinski definition) is 4. The van der Waals surface area contributed by atoms with Gasteiger partial charge in [0, 0.05) is 12.2 Å². The minimum atomic E-state index is -0.176. The molecule has 1 aliphatic rings. The Morgan fingerprint density at radius 1 is 1.55 bits per heavy atom. The molecule has 1 atom stereocenters. The molecule has 1 amide bonds. The van der Waals surface area contributed by atoms with Crippen LogP contribution < -0.4 is 5.32 Å². The van der Waals surface area contributed by atoms with Crippen molar-refractivity contribution in [3.8, 4) is 0 Å². The van der Waals surface area contributed by atoms with Crippen molar-refractivity contribution in [2.24, 2.45) is 0 Å². The van der Waals surface area contributed by atoms with Crippen LogP contribution in [0.3, 0.4) is 0 Å². The van der Waals surface area contributed by atoms with Crippen LogP contribution in [0, 0.1) is 12.7 Å². The maximum absolute atomic E-state index is 13.7. The molecule has 1 heterocycles. The number of H-pyrrole nitrogens is 1. The zero-order valence-corrected chi connectivity index (χ0v) is 13.0. The monoisotopic (exact) mass is 320 g/mol. The molecule has 0 bridgehead atoms. The Labute approximate surface area is 132 Å². The summed E-state index contributed by atoms with van der Waals surface area (Å²) in [7, 11) is 0. The lowest BCUT2D eigenvalue weighted by atomic mass is 10.1. The average molecular weight is 320 g/mol. The van der Waals surface area contributed by atoms with Crippen LogP contribution in [0.25, 0.3) is 0 Å². The molecule has 1 aromatic heterocycles. The number of fused-ring (bicyclic) bond motifs is 1. The van der Waals surface area contributed by atoms with Gasteiger partial charge in [-0.25, -0.2) is 9.37 Å². The van der Waals surface area contributed by atoms with Gasteiger partial charge >= 0.3 is 0 Å². The van der Waals surface area contributed by atoms with E-state index < -0.39 is 0 Å². The number of carbonyl (C=O) groups is 1. The molecule has 0 spiro atoms. The van der Waals surface area contributed by atoms with E-state index in [1.807, 2.05) is 13.0 Å². The smallest absolute Gasteiger partial charge is 0.221 e. The van der Waals surface area contributed by atoms with Gasteiger partial charge in [-0.15, -0.1) is 5.10 Å². The Hall–Kier alpha value is -1.89. The quantitative estimate of drug-likeness (QED) is 0.831. The Morgan fingerprint density at radius 2 is 2.41 bits per heavy atom. The van der Waals surface area contributed by atoms with E-state index in [1.54, 1.807) is 6.07 Å². The molecule has 0 fully saturated rings. The molecule has 116 valence electrons. The Morgan fingerprint density at radius 3 is 3.18 bits per heavy atom. The number of carbonyl (C=O) groups excluding carboxylic acids is 1. The molecule has 0 aliphatic heterocycles. The van der Waals surface area contributed by atoms with Crippen molar-refractivity contribution in [1.82, 2.24) is 20.5 Å². The van der Waals surface area contributed by atoms with Gasteiger partial charge in [0.25, 0.3) is 0 Å². The summed E-state index contributed by atoms with van der Waals surface area (Å²) in [5.41, 5.74) is 1.64. The lowest BCUT2D eigenvalue weighted by Gasteiger charge is -2.14. The number of benzene rings is 1. The average Bonchev–Trinajstić information content (AvgIpc) is 3.07. The van der Waals surface area contributed by atoms with E-state index in [-0.39, 0.29) is 17.8 Å². The van der Waals surface area contributed by atoms with Gasteiger partial charge in [-0.05, 0) is 37.0 Å². The second-order valence-electron chi connectivity index (χ2n) is 5.27. The van der Waals surface area contributed by atoms with Crippen LogP contribution in [0.4, 0.5) is 4.39 Å². The first kappa shape index (κ1) is 15.0. The minimum absolute atomic E-state index is 0.0260. The molecule has 22 heavy (non-hydrogen) atoms. The summed E-state index contributed by atoms with van der Waals surface area (Å²) in [5.74, 6) is 1.18. The number of nitrogens with one attached hydrogen (secondary N) is 2. The third-order valence-electron chi connectivity index (χ3n) is 3.69. The van der Waals surface area contributed by atoms with Crippen molar-refractivity contribution < 1.29 is 9.18 Å². The van der Waals surface area contributed by atoms with Gasteiger partial charge in [-0.1, -0.05) is 23.9 Å². The molecular formula is C15H17FN4OS. The number of hydrogen-bond donors (Lipinski definition) is 2. The zero-order valence-electron chi connectivity index (χ0n) is 12.2. The second kappa shape index (κ2) is 6.48. The number of aromatic nitrogens is 3. The molecule has 3 rings (SSSR count). The molecular weight excluding hydrogens is 303 g/mol. The highest BCUT2D eigenvalue weighted by Crippen LogP contribution is 2.32. The third kappa shape index (κ3) is 3.30. The van der Waals surface area contributed by atoms with E-state index in [1.165, 1.54) is 17.8 Å². The minimum Gasteiger partial charge on any atom is -0.349 e. The second-order valence-corrected chi connectivity index (χ2v) is 6.33. The molecule has 2 aromatic rings. The Bertz CT molecular complexity index is 688. The summed E-state index contributed by atoms with van der Waals surface area (Å²) in [5, 5.41) is 10.4. The highest BCUT2D eigenvalue weighted by atomic mass is 32.2. The zero-order chi connectivity index (χ0) is 15.5. The van der Waals surface area contributed by atoms with Crippen LogP contribution in [0.15, 0.2) is 23.4 Å². The molecule has 0 unspecified atom stereocenters. The summed E-state index contributed by atoms with van der Waals surface area (Å²) in [6, 6.07) is 4.98. The maximum Gasteiger partial charge on any atom is 0.221 e. The fourth-order valence-corrected chi connectivity index (χ4v) is 3.43.